The first-order chi connectivity index (χ1) is 10.2. The van der Waals surface area contributed by atoms with E-state index in [0.717, 1.165) is 19.3 Å². The number of halogens is 3. The van der Waals surface area contributed by atoms with Crippen LogP contribution in [0.1, 0.15) is 39.5 Å². The Balaban J connectivity index is 1.89. The summed E-state index contributed by atoms with van der Waals surface area (Å²) >= 11 is 0. The Bertz CT molecular complexity index is 375. The van der Waals surface area contributed by atoms with Gasteiger partial charge in [0.2, 0.25) is 5.91 Å². The Morgan fingerprint density at radius 1 is 1.23 bits per heavy atom. The molecule has 0 spiro atoms. The lowest BCUT2D eigenvalue weighted by Crippen LogP contribution is -2.53. The van der Waals surface area contributed by atoms with Gasteiger partial charge in [0.1, 0.15) is 0 Å². The summed E-state index contributed by atoms with van der Waals surface area (Å²) in [6.07, 6.45) is -2.27. The van der Waals surface area contributed by atoms with Gasteiger partial charge in [-0.2, -0.15) is 13.2 Å². The van der Waals surface area contributed by atoms with Gasteiger partial charge in [-0.1, -0.05) is 6.42 Å². The van der Waals surface area contributed by atoms with Crippen LogP contribution in [0, 0.1) is 0 Å². The van der Waals surface area contributed by atoms with E-state index >= 15 is 0 Å². The molecule has 2 rings (SSSR count). The van der Waals surface area contributed by atoms with E-state index in [-0.39, 0.29) is 37.2 Å². The van der Waals surface area contributed by atoms with Crippen LogP contribution in [-0.2, 0) is 9.53 Å². The minimum absolute atomic E-state index is 0.0278. The van der Waals surface area contributed by atoms with E-state index in [0.29, 0.717) is 13.1 Å². The molecule has 0 aromatic carbocycles. The fraction of sp³-hybridized carbons (Fsp3) is 0.933. The van der Waals surface area contributed by atoms with Crippen LogP contribution in [0.5, 0.6) is 0 Å². The maximum Gasteiger partial charge on any atom is 0.390 e. The minimum Gasteiger partial charge on any atom is -0.372 e. The minimum atomic E-state index is -4.17. The smallest absolute Gasteiger partial charge is 0.372 e. The summed E-state index contributed by atoms with van der Waals surface area (Å²) in [5, 5.41) is 0. The van der Waals surface area contributed by atoms with Gasteiger partial charge in [0, 0.05) is 25.7 Å². The molecule has 0 bridgehead atoms. The number of amides is 1. The van der Waals surface area contributed by atoms with Crippen LogP contribution >= 0.6 is 0 Å². The predicted molar refractivity (Wildman–Crippen MR) is 76.5 cm³/mol. The molecule has 1 aliphatic heterocycles. The molecule has 0 aromatic heterocycles. The standard InChI is InChI=1S/C15H25F3N2O2/c1-11-8-20(9-12(2)22-11)14(21)10-19(13-4-3-5-13)7-6-15(16,17)18/h11-13H,3-10H2,1-2H3/t11-,12+. The molecule has 128 valence electrons. The van der Waals surface area contributed by atoms with Gasteiger partial charge in [-0.15, -0.1) is 0 Å². The largest absolute Gasteiger partial charge is 0.390 e. The van der Waals surface area contributed by atoms with Gasteiger partial charge in [0.25, 0.3) is 0 Å². The van der Waals surface area contributed by atoms with Gasteiger partial charge >= 0.3 is 6.18 Å². The van der Waals surface area contributed by atoms with Gasteiger partial charge in [0.05, 0.1) is 25.2 Å². The van der Waals surface area contributed by atoms with Crippen molar-refractivity contribution in [3.05, 3.63) is 0 Å². The highest BCUT2D eigenvalue weighted by Gasteiger charge is 2.34. The van der Waals surface area contributed by atoms with Gasteiger partial charge in [-0.25, -0.2) is 0 Å². The number of hydrogen-bond donors (Lipinski definition) is 0. The van der Waals surface area contributed by atoms with Crippen LogP contribution in [-0.4, -0.2) is 66.3 Å². The van der Waals surface area contributed by atoms with Crippen LogP contribution in [0.15, 0.2) is 0 Å². The number of alkyl halides is 3. The number of carbonyl (C=O) groups excluding carboxylic acids is 1. The van der Waals surface area contributed by atoms with E-state index < -0.39 is 12.6 Å². The molecule has 1 amide bonds. The molecular formula is C15H25F3N2O2. The molecule has 0 unspecified atom stereocenters. The Morgan fingerprint density at radius 3 is 2.27 bits per heavy atom. The quantitative estimate of drug-likeness (QED) is 0.779. The molecule has 1 aliphatic carbocycles. The molecule has 0 aromatic rings. The first-order valence-electron chi connectivity index (χ1n) is 7.98. The normalized spacial score (nSPS) is 27.1. The Morgan fingerprint density at radius 2 is 1.82 bits per heavy atom. The van der Waals surface area contributed by atoms with E-state index in [2.05, 4.69) is 0 Å². The summed E-state index contributed by atoms with van der Waals surface area (Å²) in [6.45, 7) is 4.84. The zero-order chi connectivity index (χ0) is 16.3. The van der Waals surface area contributed by atoms with Crippen molar-refractivity contribution in [3.8, 4) is 0 Å². The number of morpholine rings is 1. The zero-order valence-corrected chi connectivity index (χ0v) is 13.2. The Kier molecular flexibility index (Phi) is 5.71. The van der Waals surface area contributed by atoms with Crippen molar-refractivity contribution in [3.63, 3.8) is 0 Å². The van der Waals surface area contributed by atoms with Crippen molar-refractivity contribution in [1.82, 2.24) is 9.80 Å². The highest BCUT2D eigenvalue weighted by Crippen LogP contribution is 2.27. The number of hydrogen-bond acceptors (Lipinski definition) is 3. The summed E-state index contributed by atoms with van der Waals surface area (Å²) in [7, 11) is 0. The van der Waals surface area contributed by atoms with Crippen molar-refractivity contribution < 1.29 is 22.7 Å². The molecule has 1 saturated heterocycles. The summed E-state index contributed by atoms with van der Waals surface area (Å²) in [6, 6.07) is 0.127. The highest BCUT2D eigenvalue weighted by molar-refractivity contribution is 5.78. The van der Waals surface area contributed by atoms with Crippen LogP contribution in [0.3, 0.4) is 0 Å². The summed E-state index contributed by atoms with van der Waals surface area (Å²) in [4.78, 5) is 15.8. The van der Waals surface area contributed by atoms with Crippen LogP contribution in [0.2, 0.25) is 0 Å². The van der Waals surface area contributed by atoms with E-state index in [4.69, 9.17) is 4.74 Å². The lowest BCUT2D eigenvalue weighted by atomic mass is 9.91. The molecule has 0 radical (unpaired) electrons. The van der Waals surface area contributed by atoms with Crippen LogP contribution in [0.4, 0.5) is 13.2 Å². The second-order valence-electron chi connectivity index (χ2n) is 6.48. The van der Waals surface area contributed by atoms with Gasteiger partial charge in [0.15, 0.2) is 0 Å². The number of carbonyl (C=O) groups is 1. The van der Waals surface area contributed by atoms with E-state index in [1.165, 1.54) is 0 Å². The second kappa shape index (κ2) is 7.17. The van der Waals surface area contributed by atoms with Gasteiger partial charge in [-0.05, 0) is 26.7 Å². The molecule has 1 heterocycles. The average Bonchev–Trinajstić information content (AvgIpc) is 2.31. The van der Waals surface area contributed by atoms with Crippen molar-refractivity contribution in [2.24, 2.45) is 0 Å². The van der Waals surface area contributed by atoms with Crippen LogP contribution in [0.25, 0.3) is 0 Å². The first kappa shape index (κ1) is 17.5. The fourth-order valence-electron chi connectivity index (χ4n) is 3.07. The molecule has 22 heavy (non-hydrogen) atoms. The monoisotopic (exact) mass is 322 g/mol. The average molecular weight is 322 g/mol. The molecule has 2 atom stereocenters. The third kappa shape index (κ3) is 5.12. The topological polar surface area (TPSA) is 32.8 Å². The van der Waals surface area contributed by atoms with Gasteiger partial charge in [-0.3, -0.25) is 9.69 Å². The molecule has 4 nitrogen and oxygen atoms in total. The second-order valence-corrected chi connectivity index (χ2v) is 6.48. The van der Waals surface area contributed by atoms with E-state index in [1.54, 1.807) is 9.80 Å². The third-order valence-electron chi connectivity index (χ3n) is 4.38. The van der Waals surface area contributed by atoms with E-state index in [9.17, 15) is 18.0 Å². The predicted octanol–water partition coefficient (Wildman–Crippen LogP) is 2.43. The molecule has 0 N–H and O–H groups in total. The molecule has 7 heteroatoms. The molecule has 2 fully saturated rings. The Hall–Kier alpha value is -0.820. The van der Waals surface area contributed by atoms with Crippen molar-refractivity contribution in [2.45, 2.75) is 64.0 Å². The van der Waals surface area contributed by atoms with Crippen molar-refractivity contribution in [2.75, 3.05) is 26.2 Å². The SMILES string of the molecule is C[C@@H]1CN(C(=O)CN(CCC(F)(F)F)C2CCC2)C[C@H](C)O1. The summed E-state index contributed by atoms with van der Waals surface area (Å²) in [5.41, 5.74) is 0. The maximum absolute atomic E-state index is 12.5. The van der Waals surface area contributed by atoms with Crippen molar-refractivity contribution >= 4 is 5.91 Å². The summed E-state index contributed by atoms with van der Waals surface area (Å²) in [5.74, 6) is -0.0870. The molecule has 2 aliphatic rings. The summed E-state index contributed by atoms with van der Waals surface area (Å²) < 4.78 is 43.0. The number of rotatable bonds is 5. The highest BCUT2D eigenvalue weighted by atomic mass is 19.4. The number of ether oxygens (including phenoxy) is 1. The lowest BCUT2D eigenvalue weighted by Gasteiger charge is -2.40. The van der Waals surface area contributed by atoms with E-state index in [1.807, 2.05) is 13.8 Å². The van der Waals surface area contributed by atoms with Crippen molar-refractivity contribution in [1.29, 1.82) is 0 Å². The lowest BCUT2D eigenvalue weighted by molar-refractivity contribution is -0.150. The Labute approximate surface area is 129 Å². The van der Waals surface area contributed by atoms with Crippen LogP contribution < -0.4 is 0 Å². The number of nitrogens with zero attached hydrogens (tertiary/aromatic N) is 2. The molecule has 1 saturated carbocycles. The maximum atomic E-state index is 12.5. The van der Waals surface area contributed by atoms with Gasteiger partial charge < -0.3 is 9.64 Å². The zero-order valence-electron chi connectivity index (χ0n) is 13.2. The first-order valence-corrected chi connectivity index (χ1v) is 7.98. The molecular weight excluding hydrogens is 297 g/mol. The third-order valence-corrected chi connectivity index (χ3v) is 4.38. The fourth-order valence-corrected chi connectivity index (χ4v) is 3.07.